The number of amides is 1. The summed E-state index contributed by atoms with van der Waals surface area (Å²) in [5.41, 5.74) is 2.12. The van der Waals surface area contributed by atoms with Gasteiger partial charge in [-0.3, -0.25) is 4.79 Å². The standard InChI is InChI=1S/C15H22N4OS/c1-3-14(20)17-15(21)16-12-4-6-13(7-5-12)19-10-8-18(2)9-11-19/h4-7H,3,8-11H2,1-2H3,(H2,16,17,20,21)/p+1. The van der Waals surface area contributed by atoms with Gasteiger partial charge in [-0.2, -0.15) is 0 Å². The van der Waals surface area contributed by atoms with Crippen molar-refractivity contribution in [2.45, 2.75) is 13.3 Å². The average molecular weight is 307 g/mol. The Hall–Kier alpha value is -1.66. The molecule has 1 saturated heterocycles. The molecule has 0 saturated carbocycles. The number of hydrogen-bond donors (Lipinski definition) is 3. The van der Waals surface area contributed by atoms with E-state index in [0.29, 0.717) is 11.5 Å². The van der Waals surface area contributed by atoms with E-state index in [0.717, 1.165) is 18.8 Å². The molecule has 1 heterocycles. The number of thiocarbonyl (C=S) groups is 1. The van der Waals surface area contributed by atoms with E-state index < -0.39 is 0 Å². The third-order valence-corrected chi connectivity index (χ3v) is 3.89. The highest BCUT2D eigenvalue weighted by Gasteiger charge is 2.16. The minimum absolute atomic E-state index is 0.0796. The van der Waals surface area contributed by atoms with Gasteiger partial charge in [0.1, 0.15) is 0 Å². The number of carbonyl (C=O) groups excluding carboxylic acids is 1. The molecule has 1 aromatic rings. The summed E-state index contributed by atoms with van der Waals surface area (Å²) in [6.45, 7) is 6.32. The molecule has 0 spiro atoms. The van der Waals surface area contributed by atoms with Crippen molar-refractivity contribution in [2.75, 3.05) is 43.4 Å². The number of nitrogens with one attached hydrogen (secondary N) is 3. The van der Waals surface area contributed by atoms with E-state index in [-0.39, 0.29) is 5.91 Å². The molecule has 6 heteroatoms. The quantitative estimate of drug-likeness (QED) is 0.701. The third kappa shape index (κ3) is 4.68. The first-order valence-electron chi connectivity index (χ1n) is 7.35. The van der Waals surface area contributed by atoms with Gasteiger partial charge < -0.3 is 20.4 Å². The normalized spacial score (nSPS) is 15.6. The fraction of sp³-hybridized carbons (Fsp3) is 0.467. The number of quaternary nitrogens is 1. The van der Waals surface area contributed by atoms with Gasteiger partial charge in [0.2, 0.25) is 5.91 Å². The van der Waals surface area contributed by atoms with Crippen LogP contribution in [0.1, 0.15) is 13.3 Å². The lowest BCUT2D eigenvalue weighted by Crippen LogP contribution is -3.12. The van der Waals surface area contributed by atoms with Crippen molar-refractivity contribution in [3.8, 4) is 0 Å². The van der Waals surface area contributed by atoms with Gasteiger partial charge in [-0.05, 0) is 36.5 Å². The Morgan fingerprint density at radius 3 is 2.48 bits per heavy atom. The molecule has 21 heavy (non-hydrogen) atoms. The molecule has 1 aliphatic rings. The summed E-state index contributed by atoms with van der Waals surface area (Å²) < 4.78 is 0. The Morgan fingerprint density at radius 2 is 1.90 bits per heavy atom. The smallest absolute Gasteiger partial charge is 0.225 e. The van der Waals surface area contributed by atoms with Gasteiger partial charge >= 0.3 is 0 Å². The van der Waals surface area contributed by atoms with Gasteiger partial charge in [-0.15, -0.1) is 0 Å². The number of rotatable bonds is 3. The van der Waals surface area contributed by atoms with Crippen molar-refractivity contribution in [3.05, 3.63) is 24.3 Å². The highest BCUT2D eigenvalue weighted by molar-refractivity contribution is 7.80. The Bertz CT molecular complexity index is 495. The Labute approximate surface area is 131 Å². The highest BCUT2D eigenvalue weighted by Crippen LogP contribution is 2.17. The van der Waals surface area contributed by atoms with Gasteiger partial charge in [0.05, 0.1) is 33.2 Å². The van der Waals surface area contributed by atoms with Crippen LogP contribution >= 0.6 is 12.2 Å². The zero-order valence-electron chi connectivity index (χ0n) is 12.6. The minimum Gasteiger partial charge on any atom is -0.360 e. The fourth-order valence-electron chi connectivity index (χ4n) is 2.28. The zero-order chi connectivity index (χ0) is 15.2. The first kappa shape index (κ1) is 15.7. The van der Waals surface area contributed by atoms with E-state index in [2.05, 4.69) is 34.7 Å². The molecule has 1 fully saturated rings. The Balaban J connectivity index is 1.90. The van der Waals surface area contributed by atoms with E-state index >= 15 is 0 Å². The van der Waals surface area contributed by atoms with E-state index in [1.165, 1.54) is 18.8 Å². The van der Waals surface area contributed by atoms with Crippen LogP contribution in [-0.4, -0.2) is 44.2 Å². The van der Waals surface area contributed by atoms with Crippen LogP contribution in [0.5, 0.6) is 0 Å². The molecule has 0 bridgehead atoms. The summed E-state index contributed by atoms with van der Waals surface area (Å²) in [5.74, 6) is -0.0796. The molecular formula is C15H23N4OS+. The SMILES string of the molecule is CCC(=O)NC(=S)Nc1ccc(N2CC[NH+](C)CC2)cc1. The number of carbonyl (C=O) groups is 1. The Morgan fingerprint density at radius 1 is 1.29 bits per heavy atom. The van der Waals surface area contributed by atoms with Crippen LogP contribution in [0, 0.1) is 0 Å². The number of likely N-dealkylation sites (N-methyl/N-ethyl adjacent to an activating group) is 1. The predicted molar refractivity (Wildman–Crippen MR) is 89.9 cm³/mol. The maximum absolute atomic E-state index is 11.3. The van der Waals surface area contributed by atoms with Crippen LogP contribution in [0.15, 0.2) is 24.3 Å². The van der Waals surface area contributed by atoms with Crippen LogP contribution in [-0.2, 0) is 4.79 Å². The molecule has 2 rings (SSSR count). The molecule has 5 nitrogen and oxygen atoms in total. The molecule has 0 atom stereocenters. The molecule has 1 aromatic carbocycles. The van der Waals surface area contributed by atoms with Gasteiger partial charge in [0, 0.05) is 17.8 Å². The molecule has 114 valence electrons. The molecule has 0 aliphatic carbocycles. The van der Waals surface area contributed by atoms with E-state index in [4.69, 9.17) is 12.2 Å². The maximum atomic E-state index is 11.3. The fourth-order valence-corrected chi connectivity index (χ4v) is 2.51. The molecular weight excluding hydrogens is 284 g/mol. The maximum Gasteiger partial charge on any atom is 0.225 e. The first-order valence-corrected chi connectivity index (χ1v) is 7.76. The highest BCUT2D eigenvalue weighted by atomic mass is 32.1. The summed E-state index contributed by atoms with van der Waals surface area (Å²) in [6.07, 6.45) is 0.423. The number of piperazine rings is 1. The second kappa shape index (κ2) is 7.38. The third-order valence-electron chi connectivity index (χ3n) is 3.68. The Kier molecular flexibility index (Phi) is 5.52. The second-order valence-electron chi connectivity index (χ2n) is 5.35. The van der Waals surface area contributed by atoms with Gasteiger partial charge in [0.15, 0.2) is 5.11 Å². The monoisotopic (exact) mass is 307 g/mol. The molecule has 3 N–H and O–H groups in total. The minimum atomic E-state index is -0.0796. The van der Waals surface area contributed by atoms with Crippen molar-refractivity contribution in [2.24, 2.45) is 0 Å². The van der Waals surface area contributed by atoms with Crippen molar-refractivity contribution in [1.29, 1.82) is 0 Å². The lowest BCUT2D eigenvalue weighted by Gasteiger charge is -2.31. The van der Waals surface area contributed by atoms with Crippen molar-refractivity contribution >= 4 is 34.6 Å². The van der Waals surface area contributed by atoms with Gasteiger partial charge in [0.25, 0.3) is 0 Å². The number of benzene rings is 1. The average Bonchev–Trinajstić information content (AvgIpc) is 2.48. The van der Waals surface area contributed by atoms with E-state index in [1.807, 2.05) is 12.1 Å². The van der Waals surface area contributed by atoms with Crippen LogP contribution in [0.2, 0.25) is 0 Å². The van der Waals surface area contributed by atoms with Crippen LogP contribution in [0.25, 0.3) is 0 Å². The molecule has 0 radical (unpaired) electrons. The second-order valence-corrected chi connectivity index (χ2v) is 5.76. The number of hydrogen-bond acceptors (Lipinski definition) is 3. The van der Waals surface area contributed by atoms with Crippen LogP contribution < -0.4 is 20.4 Å². The summed E-state index contributed by atoms with van der Waals surface area (Å²) in [5, 5.41) is 6.00. The van der Waals surface area contributed by atoms with Gasteiger partial charge in [-0.25, -0.2) is 0 Å². The summed E-state index contributed by atoms with van der Waals surface area (Å²) in [6, 6.07) is 8.16. The summed E-state index contributed by atoms with van der Waals surface area (Å²) in [7, 11) is 2.23. The summed E-state index contributed by atoms with van der Waals surface area (Å²) >= 11 is 5.09. The summed E-state index contributed by atoms with van der Waals surface area (Å²) in [4.78, 5) is 15.2. The molecule has 1 amide bonds. The van der Waals surface area contributed by atoms with Crippen LogP contribution in [0.4, 0.5) is 11.4 Å². The first-order chi connectivity index (χ1) is 10.1. The predicted octanol–water partition coefficient (Wildman–Crippen LogP) is 0.244. The van der Waals surface area contributed by atoms with Crippen molar-refractivity contribution in [1.82, 2.24) is 5.32 Å². The lowest BCUT2D eigenvalue weighted by molar-refractivity contribution is -0.880. The number of nitrogens with zero attached hydrogens (tertiary/aromatic N) is 1. The number of anilines is 2. The topological polar surface area (TPSA) is 48.8 Å². The lowest BCUT2D eigenvalue weighted by atomic mass is 10.2. The van der Waals surface area contributed by atoms with E-state index in [9.17, 15) is 4.79 Å². The van der Waals surface area contributed by atoms with Gasteiger partial charge in [-0.1, -0.05) is 6.92 Å². The van der Waals surface area contributed by atoms with E-state index in [1.54, 1.807) is 11.8 Å². The molecule has 1 aliphatic heterocycles. The largest absolute Gasteiger partial charge is 0.360 e. The van der Waals surface area contributed by atoms with Crippen molar-refractivity contribution < 1.29 is 9.69 Å². The molecule has 0 aromatic heterocycles. The van der Waals surface area contributed by atoms with Crippen molar-refractivity contribution in [3.63, 3.8) is 0 Å². The van der Waals surface area contributed by atoms with Crippen LogP contribution in [0.3, 0.4) is 0 Å². The zero-order valence-corrected chi connectivity index (χ0v) is 13.4. The molecule has 0 unspecified atom stereocenters.